The summed E-state index contributed by atoms with van der Waals surface area (Å²) in [6, 6.07) is 12.5. The van der Waals surface area contributed by atoms with Crippen molar-refractivity contribution in [2.45, 2.75) is 25.3 Å². The summed E-state index contributed by atoms with van der Waals surface area (Å²) in [5, 5.41) is 9.91. The molecule has 9 heteroatoms. The third kappa shape index (κ3) is 5.29. The molecule has 9 nitrogen and oxygen atoms in total. The van der Waals surface area contributed by atoms with E-state index in [1.165, 1.54) is 0 Å². The summed E-state index contributed by atoms with van der Waals surface area (Å²) in [6.07, 6.45) is 3.15. The maximum absolute atomic E-state index is 12.5. The zero-order valence-corrected chi connectivity index (χ0v) is 17.9. The molecule has 1 fully saturated rings. The molecule has 2 aromatic heterocycles. The van der Waals surface area contributed by atoms with E-state index in [1.807, 2.05) is 17.0 Å². The Hall–Kier alpha value is -3.75. The van der Waals surface area contributed by atoms with Crippen LogP contribution in [-0.2, 0) is 11.3 Å². The van der Waals surface area contributed by atoms with Gasteiger partial charge in [0.2, 0.25) is 0 Å². The first-order valence-electron chi connectivity index (χ1n) is 10.5. The summed E-state index contributed by atoms with van der Waals surface area (Å²) >= 11 is 0. The molecule has 1 aliphatic rings. The summed E-state index contributed by atoms with van der Waals surface area (Å²) in [6.45, 7) is 1.56. The maximum atomic E-state index is 12.5. The highest BCUT2D eigenvalue weighted by atomic mass is 16.5. The number of aromatic nitrogens is 2. The molecule has 1 aromatic carbocycles. The van der Waals surface area contributed by atoms with Crippen LogP contribution in [0.25, 0.3) is 0 Å². The monoisotopic (exact) mass is 438 g/mol. The van der Waals surface area contributed by atoms with E-state index in [4.69, 9.17) is 13.9 Å². The third-order valence-corrected chi connectivity index (χ3v) is 5.52. The van der Waals surface area contributed by atoms with E-state index in [2.05, 4.69) is 15.5 Å². The molecule has 0 atom stereocenters. The van der Waals surface area contributed by atoms with Gasteiger partial charge in [0.1, 0.15) is 23.0 Å². The van der Waals surface area contributed by atoms with Crippen molar-refractivity contribution in [2.75, 3.05) is 26.8 Å². The average molecular weight is 438 g/mol. The van der Waals surface area contributed by atoms with E-state index in [1.54, 1.807) is 43.7 Å². The lowest BCUT2D eigenvalue weighted by molar-refractivity contribution is -0.134. The van der Waals surface area contributed by atoms with Gasteiger partial charge in [0, 0.05) is 30.8 Å². The van der Waals surface area contributed by atoms with Gasteiger partial charge < -0.3 is 24.1 Å². The van der Waals surface area contributed by atoms with Crippen molar-refractivity contribution in [3.05, 3.63) is 65.9 Å². The van der Waals surface area contributed by atoms with Crippen LogP contribution in [-0.4, -0.2) is 53.7 Å². The van der Waals surface area contributed by atoms with Crippen LogP contribution < -0.4 is 14.8 Å². The fraction of sp³-hybridized carbons (Fsp3) is 0.348. The Balaban J connectivity index is 1.23. The van der Waals surface area contributed by atoms with Crippen molar-refractivity contribution in [1.29, 1.82) is 0 Å². The Morgan fingerprint density at radius 3 is 2.75 bits per heavy atom. The van der Waals surface area contributed by atoms with Crippen molar-refractivity contribution in [3.63, 3.8) is 0 Å². The minimum Gasteiger partial charge on any atom is -0.497 e. The van der Waals surface area contributed by atoms with E-state index in [-0.39, 0.29) is 24.3 Å². The van der Waals surface area contributed by atoms with Gasteiger partial charge in [0.15, 0.2) is 6.61 Å². The highest BCUT2D eigenvalue weighted by Gasteiger charge is 2.26. The molecule has 3 heterocycles. The number of likely N-dealkylation sites (tertiary alicyclic amines) is 1. The van der Waals surface area contributed by atoms with Gasteiger partial charge in [-0.15, -0.1) is 0 Å². The molecule has 0 aliphatic carbocycles. The molecule has 4 rings (SSSR count). The summed E-state index contributed by atoms with van der Waals surface area (Å²) in [4.78, 5) is 26.6. The lowest BCUT2D eigenvalue weighted by Crippen LogP contribution is -2.40. The number of hydrogen-bond donors (Lipinski definition) is 2. The van der Waals surface area contributed by atoms with Crippen molar-refractivity contribution < 1.29 is 23.5 Å². The Bertz CT molecular complexity index is 1040. The number of carbonyl (C=O) groups is 2. The zero-order chi connectivity index (χ0) is 22.3. The molecule has 0 bridgehead atoms. The van der Waals surface area contributed by atoms with Crippen LogP contribution in [0.5, 0.6) is 11.5 Å². The van der Waals surface area contributed by atoms with Crippen LogP contribution in [0.1, 0.15) is 40.7 Å². The predicted molar refractivity (Wildman–Crippen MR) is 116 cm³/mol. The molecule has 0 unspecified atom stereocenters. The van der Waals surface area contributed by atoms with Crippen LogP contribution in [0.2, 0.25) is 0 Å². The van der Waals surface area contributed by atoms with Crippen molar-refractivity contribution in [2.24, 2.45) is 0 Å². The quantitative estimate of drug-likeness (QED) is 0.560. The number of nitrogens with one attached hydrogen (secondary N) is 2. The van der Waals surface area contributed by atoms with Gasteiger partial charge in [0.25, 0.3) is 11.8 Å². The van der Waals surface area contributed by atoms with E-state index in [0.29, 0.717) is 42.6 Å². The SMILES string of the molecule is COc1cccc(OCC(=O)N2CCC(c3cc(C(=O)NCc4ccco4)n[nH]3)CC2)c1. The minimum atomic E-state index is -0.258. The van der Waals surface area contributed by atoms with Crippen molar-refractivity contribution >= 4 is 11.8 Å². The predicted octanol–water partition coefficient (Wildman–Crippen LogP) is 2.73. The second kappa shape index (κ2) is 10.0. The average Bonchev–Trinajstić information content (AvgIpc) is 3.54. The Labute approximate surface area is 185 Å². The van der Waals surface area contributed by atoms with E-state index in [9.17, 15) is 9.59 Å². The Morgan fingerprint density at radius 1 is 1.19 bits per heavy atom. The number of methoxy groups -OCH3 is 1. The summed E-state index contributed by atoms with van der Waals surface area (Å²) in [7, 11) is 1.59. The fourth-order valence-electron chi connectivity index (χ4n) is 3.70. The molecule has 0 spiro atoms. The molecular formula is C23H26N4O5. The number of hydrogen-bond acceptors (Lipinski definition) is 6. The van der Waals surface area contributed by atoms with Gasteiger partial charge in [0.05, 0.1) is 19.9 Å². The van der Waals surface area contributed by atoms with Crippen molar-refractivity contribution in [1.82, 2.24) is 20.4 Å². The van der Waals surface area contributed by atoms with Gasteiger partial charge in [-0.3, -0.25) is 14.7 Å². The molecule has 32 heavy (non-hydrogen) atoms. The molecule has 1 aliphatic heterocycles. The Morgan fingerprint density at radius 2 is 2.00 bits per heavy atom. The summed E-state index contributed by atoms with van der Waals surface area (Å²) in [5.41, 5.74) is 1.25. The largest absolute Gasteiger partial charge is 0.497 e. The van der Waals surface area contributed by atoms with Crippen LogP contribution in [0.3, 0.4) is 0 Å². The van der Waals surface area contributed by atoms with E-state index in [0.717, 1.165) is 18.5 Å². The molecule has 0 radical (unpaired) electrons. The number of carbonyl (C=O) groups excluding carboxylic acids is 2. The van der Waals surface area contributed by atoms with Crippen LogP contribution in [0.15, 0.2) is 53.1 Å². The maximum Gasteiger partial charge on any atom is 0.272 e. The number of furan rings is 1. The normalized spacial score (nSPS) is 14.2. The first-order valence-corrected chi connectivity index (χ1v) is 10.5. The summed E-state index contributed by atoms with van der Waals surface area (Å²) < 4.78 is 16.0. The smallest absolute Gasteiger partial charge is 0.272 e. The number of H-pyrrole nitrogens is 1. The Kier molecular flexibility index (Phi) is 6.74. The highest BCUT2D eigenvalue weighted by Crippen LogP contribution is 2.27. The first kappa shape index (κ1) is 21.5. The van der Waals surface area contributed by atoms with Gasteiger partial charge in [-0.05, 0) is 43.2 Å². The number of piperidine rings is 1. The second-order valence-corrected chi connectivity index (χ2v) is 7.59. The van der Waals surface area contributed by atoms with Crippen LogP contribution in [0.4, 0.5) is 0 Å². The first-order chi connectivity index (χ1) is 15.6. The molecular weight excluding hydrogens is 412 g/mol. The number of benzene rings is 1. The number of amides is 2. The van der Waals surface area contributed by atoms with Gasteiger partial charge in [-0.25, -0.2) is 0 Å². The van der Waals surface area contributed by atoms with Crippen LogP contribution >= 0.6 is 0 Å². The second-order valence-electron chi connectivity index (χ2n) is 7.59. The zero-order valence-electron chi connectivity index (χ0n) is 17.9. The molecule has 3 aromatic rings. The lowest BCUT2D eigenvalue weighted by Gasteiger charge is -2.31. The molecule has 1 saturated heterocycles. The standard InChI is InChI=1S/C23H26N4O5/c1-30-17-4-2-5-18(12-17)32-15-22(28)27-9-7-16(8-10-27)20-13-21(26-25-20)23(29)24-14-19-6-3-11-31-19/h2-6,11-13,16H,7-10,14-15H2,1H3,(H,24,29)(H,25,26). The number of aromatic amines is 1. The molecule has 2 amide bonds. The number of nitrogens with zero attached hydrogens (tertiary/aromatic N) is 2. The number of ether oxygens (including phenoxy) is 2. The highest BCUT2D eigenvalue weighted by molar-refractivity contribution is 5.92. The third-order valence-electron chi connectivity index (χ3n) is 5.52. The lowest BCUT2D eigenvalue weighted by atomic mass is 9.93. The van der Waals surface area contributed by atoms with E-state index < -0.39 is 0 Å². The van der Waals surface area contributed by atoms with Gasteiger partial charge in [-0.2, -0.15) is 5.10 Å². The van der Waals surface area contributed by atoms with E-state index >= 15 is 0 Å². The topological polar surface area (TPSA) is 110 Å². The van der Waals surface area contributed by atoms with Gasteiger partial charge in [-0.1, -0.05) is 6.07 Å². The van der Waals surface area contributed by atoms with Gasteiger partial charge >= 0.3 is 0 Å². The molecule has 2 N–H and O–H groups in total. The number of rotatable bonds is 8. The van der Waals surface area contributed by atoms with Crippen LogP contribution in [0, 0.1) is 0 Å². The van der Waals surface area contributed by atoms with Crippen molar-refractivity contribution in [3.8, 4) is 11.5 Å². The molecule has 0 saturated carbocycles. The fourth-order valence-corrected chi connectivity index (χ4v) is 3.70. The summed E-state index contributed by atoms with van der Waals surface area (Å²) in [5.74, 6) is 1.88. The molecule has 168 valence electrons. The minimum absolute atomic E-state index is 0.0120.